The third-order valence-corrected chi connectivity index (χ3v) is 7.80. The molecule has 118 valence electrons. The van der Waals surface area contributed by atoms with Gasteiger partial charge in [0.2, 0.25) is 10.0 Å². The molecule has 1 unspecified atom stereocenters. The smallest absolute Gasteiger partial charge is 0.218 e. The van der Waals surface area contributed by atoms with Crippen LogP contribution in [0, 0.1) is 13.8 Å². The Balaban J connectivity index is 2.17. The normalized spacial score (nSPS) is 21.8. The highest BCUT2D eigenvalue weighted by Gasteiger charge is 2.39. The van der Waals surface area contributed by atoms with Gasteiger partial charge in [-0.1, -0.05) is 0 Å². The zero-order valence-corrected chi connectivity index (χ0v) is 14.0. The first-order valence-corrected chi connectivity index (χ1v) is 10.0. The second kappa shape index (κ2) is 5.66. The molecule has 6 nitrogen and oxygen atoms in total. The lowest BCUT2D eigenvalue weighted by atomic mass is 10.2. The molecule has 0 aliphatic carbocycles. The van der Waals surface area contributed by atoms with E-state index in [-0.39, 0.29) is 24.5 Å². The maximum atomic E-state index is 12.4. The molecule has 21 heavy (non-hydrogen) atoms. The summed E-state index contributed by atoms with van der Waals surface area (Å²) in [4.78, 5) is 4.32. The molecule has 1 aromatic heterocycles. The number of aryl methyl sites for hydroxylation is 2. The van der Waals surface area contributed by atoms with E-state index in [9.17, 15) is 16.8 Å². The molecule has 0 N–H and O–H groups in total. The van der Waals surface area contributed by atoms with E-state index in [1.165, 1.54) is 11.4 Å². The van der Waals surface area contributed by atoms with Crippen molar-refractivity contribution in [2.45, 2.75) is 32.1 Å². The van der Waals surface area contributed by atoms with E-state index in [1.807, 2.05) is 26.0 Å². The van der Waals surface area contributed by atoms with Crippen LogP contribution in [0.3, 0.4) is 0 Å². The van der Waals surface area contributed by atoms with Crippen molar-refractivity contribution in [1.82, 2.24) is 9.29 Å². The van der Waals surface area contributed by atoms with Crippen molar-refractivity contribution in [1.29, 1.82) is 0 Å². The van der Waals surface area contributed by atoms with Crippen molar-refractivity contribution in [3.8, 4) is 0 Å². The SMILES string of the molecule is Cc1cc(C)nc(CN(C)S(=O)(=O)C2CCS(=O)(=O)C2)c1. The first-order valence-electron chi connectivity index (χ1n) is 6.70. The van der Waals surface area contributed by atoms with E-state index >= 15 is 0 Å². The predicted octanol–water partition coefficient (Wildman–Crippen LogP) is 0.647. The quantitative estimate of drug-likeness (QED) is 0.808. The van der Waals surface area contributed by atoms with Gasteiger partial charge in [0, 0.05) is 12.7 Å². The van der Waals surface area contributed by atoms with Gasteiger partial charge in [-0.05, 0) is 38.0 Å². The van der Waals surface area contributed by atoms with Crippen molar-refractivity contribution >= 4 is 19.9 Å². The topological polar surface area (TPSA) is 84.4 Å². The van der Waals surface area contributed by atoms with Gasteiger partial charge in [-0.25, -0.2) is 16.8 Å². The largest absolute Gasteiger partial charge is 0.257 e. The number of sulfone groups is 1. The molecule has 2 rings (SSSR count). The van der Waals surface area contributed by atoms with Crippen molar-refractivity contribution in [3.05, 3.63) is 29.1 Å². The number of sulfonamides is 1. The monoisotopic (exact) mass is 332 g/mol. The minimum absolute atomic E-state index is 0.0491. The van der Waals surface area contributed by atoms with E-state index in [0.29, 0.717) is 5.69 Å². The summed E-state index contributed by atoms with van der Waals surface area (Å²) in [6, 6.07) is 3.76. The van der Waals surface area contributed by atoms with E-state index in [4.69, 9.17) is 0 Å². The molecule has 1 atom stereocenters. The van der Waals surface area contributed by atoms with Gasteiger partial charge in [0.05, 0.1) is 29.0 Å². The van der Waals surface area contributed by atoms with Crippen LogP contribution in [0.5, 0.6) is 0 Å². The summed E-state index contributed by atoms with van der Waals surface area (Å²) in [5, 5.41) is -0.835. The molecule has 1 saturated heterocycles. The van der Waals surface area contributed by atoms with Gasteiger partial charge in [0.25, 0.3) is 0 Å². The molecule has 0 spiro atoms. The number of pyridine rings is 1. The Morgan fingerprint density at radius 3 is 2.52 bits per heavy atom. The minimum Gasteiger partial charge on any atom is -0.257 e. The lowest BCUT2D eigenvalue weighted by Gasteiger charge is -2.20. The summed E-state index contributed by atoms with van der Waals surface area (Å²) >= 11 is 0. The van der Waals surface area contributed by atoms with Gasteiger partial charge >= 0.3 is 0 Å². The zero-order chi connectivity index (χ0) is 15.8. The Bertz CT molecular complexity index is 721. The molecule has 0 saturated carbocycles. The minimum atomic E-state index is -3.62. The van der Waals surface area contributed by atoms with E-state index in [1.54, 1.807) is 0 Å². The van der Waals surface area contributed by atoms with Crippen molar-refractivity contribution in [3.63, 3.8) is 0 Å². The molecular weight excluding hydrogens is 312 g/mol. The molecular formula is C13H20N2O4S2. The summed E-state index contributed by atoms with van der Waals surface area (Å²) in [7, 11) is -5.37. The fourth-order valence-electron chi connectivity index (χ4n) is 2.57. The van der Waals surface area contributed by atoms with Crippen LogP contribution in [-0.2, 0) is 26.4 Å². The highest BCUT2D eigenvalue weighted by atomic mass is 32.2. The fourth-order valence-corrected chi connectivity index (χ4v) is 6.81. The van der Waals surface area contributed by atoms with Crippen LogP contribution in [0.25, 0.3) is 0 Å². The Morgan fingerprint density at radius 1 is 1.33 bits per heavy atom. The maximum Gasteiger partial charge on any atom is 0.218 e. The standard InChI is InChI=1S/C13H20N2O4S2/c1-10-6-11(2)14-12(7-10)8-15(3)21(18,19)13-4-5-20(16,17)9-13/h6-7,13H,4-5,8-9H2,1-3H3. The van der Waals surface area contributed by atoms with Crippen molar-refractivity contribution in [2.24, 2.45) is 0 Å². The first kappa shape index (κ1) is 16.4. The Hall–Kier alpha value is -0.990. The molecule has 2 heterocycles. The van der Waals surface area contributed by atoms with Crippen LogP contribution < -0.4 is 0 Å². The summed E-state index contributed by atoms with van der Waals surface area (Å²) in [5.74, 6) is -0.327. The van der Waals surface area contributed by atoms with Crippen LogP contribution in [0.4, 0.5) is 0 Å². The van der Waals surface area contributed by atoms with Crippen molar-refractivity contribution < 1.29 is 16.8 Å². The highest BCUT2D eigenvalue weighted by Crippen LogP contribution is 2.22. The van der Waals surface area contributed by atoms with Crippen LogP contribution in [0.1, 0.15) is 23.4 Å². The number of rotatable bonds is 4. The molecule has 1 aromatic rings. The Labute approximate surface area is 126 Å². The van der Waals surface area contributed by atoms with Crippen LogP contribution >= 0.6 is 0 Å². The highest BCUT2D eigenvalue weighted by molar-refractivity contribution is 7.95. The molecule has 1 aliphatic rings. The molecule has 1 fully saturated rings. The predicted molar refractivity (Wildman–Crippen MR) is 81.2 cm³/mol. The third-order valence-electron chi connectivity index (χ3n) is 3.58. The van der Waals surface area contributed by atoms with E-state index in [0.717, 1.165) is 11.3 Å². The summed E-state index contributed by atoms with van der Waals surface area (Å²) in [6.07, 6.45) is 0.176. The van der Waals surface area contributed by atoms with Gasteiger partial charge in [-0.3, -0.25) is 4.98 Å². The van der Waals surface area contributed by atoms with Gasteiger partial charge < -0.3 is 0 Å². The molecule has 0 aromatic carbocycles. The summed E-state index contributed by atoms with van der Waals surface area (Å²) in [6.45, 7) is 3.94. The molecule has 0 bridgehead atoms. The Morgan fingerprint density at radius 2 is 2.00 bits per heavy atom. The van der Waals surface area contributed by atoms with Crippen molar-refractivity contribution in [2.75, 3.05) is 18.6 Å². The molecule has 0 amide bonds. The number of nitrogens with zero attached hydrogens (tertiary/aromatic N) is 2. The van der Waals surface area contributed by atoms with Crippen LogP contribution in [0.15, 0.2) is 12.1 Å². The van der Waals surface area contributed by atoms with Gasteiger partial charge in [0.1, 0.15) is 0 Å². The van der Waals surface area contributed by atoms with Gasteiger partial charge in [0.15, 0.2) is 9.84 Å². The second-order valence-electron chi connectivity index (χ2n) is 5.60. The molecule has 0 radical (unpaired) electrons. The summed E-state index contributed by atoms with van der Waals surface area (Å²) in [5.41, 5.74) is 2.52. The van der Waals surface area contributed by atoms with E-state index in [2.05, 4.69) is 4.98 Å². The Kier molecular flexibility index (Phi) is 4.41. The van der Waals surface area contributed by atoms with Gasteiger partial charge in [-0.2, -0.15) is 4.31 Å². The number of aromatic nitrogens is 1. The zero-order valence-electron chi connectivity index (χ0n) is 12.4. The number of hydrogen-bond donors (Lipinski definition) is 0. The lowest BCUT2D eigenvalue weighted by Crippen LogP contribution is -2.36. The fraction of sp³-hybridized carbons (Fsp3) is 0.615. The maximum absolute atomic E-state index is 12.4. The average molecular weight is 332 g/mol. The van der Waals surface area contributed by atoms with Crippen LogP contribution in [-0.4, -0.2) is 49.9 Å². The van der Waals surface area contributed by atoms with Crippen LogP contribution in [0.2, 0.25) is 0 Å². The second-order valence-corrected chi connectivity index (χ2v) is 10.2. The third kappa shape index (κ3) is 3.81. The lowest BCUT2D eigenvalue weighted by molar-refractivity contribution is 0.453. The first-order chi connectivity index (χ1) is 9.60. The molecule has 8 heteroatoms. The van der Waals surface area contributed by atoms with E-state index < -0.39 is 25.1 Å². The van der Waals surface area contributed by atoms with Gasteiger partial charge in [-0.15, -0.1) is 0 Å². The number of hydrogen-bond acceptors (Lipinski definition) is 5. The molecule has 1 aliphatic heterocycles. The summed E-state index contributed by atoms with van der Waals surface area (Å²) < 4.78 is 49.0. The average Bonchev–Trinajstić information content (AvgIpc) is 2.68.